The van der Waals surface area contributed by atoms with Crippen molar-refractivity contribution in [2.24, 2.45) is 17.8 Å². The maximum atomic E-state index is 5.02. The van der Waals surface area contributed by atoms with Gasteiger partial charge in [-0.2, -0.15) is 0 Å². The summed E-state index contributed by atoms with van der Waals surface area (Å²) in [5.41, 5.74) is 2.85. The Morgan fingerprint density at radius 2 is 1.75 bits per heavy atom. The van der Waals surface area contributed by atoms with Crippen molar-refractivity contribution in [1.29, 1.82) is 0 Å². The van der Waals surface area contributed by atoms with Crippen LogP contribution >= 0.6 is 15.9 Å². The molecule has 0 N–H and O–H groups in total. The van der Waals surface area contributed by atoms with E-state index in [-0.39, 0.29) is 0 Å². The van der Waals surface area contributed by atoms with Gasteiger partial charge in [0.2, 0.25) is 0 Å². The van der Waals surface area contributed by atoms with Gasteiger partial charge in [-0.05, 0) is 84.3 Å². The molecule has 4 aliphatic rings. The van der Waals surface area contributed by atoms with E-state index in [4.69, 9.17) is 4.98 Å². The molecule has 4 aliphatic carbocycles. The van der Waals surface area contributed by atoms with E-state index in [1.54, 1.807) is 0 Å². The molecule has 0 amide bonds. The molecule has 6 rings (SSSR count). The van der Waals surface area contributed by atoms with Crippen LogP contribution in [0.15, 0.2) is 29.0 Å². The number of fused-ring (bicyclic) bond motifs is 1. The molecule has 104 valence electrons. The Balaban J connectivity index is 1.65. The third-order valence-corrected chi connectivity index (χ3v) is 6.64. The number of nitrogens with zero attached hydrogens (tertiary/aromatic N) is 2. The molecule has 4 bridgehead atoms. The van der Waals surface area contributed by atoms with Gasteiger partial charge in [-0.25, -0.2) is 4.98 Å². The smallest absolute Gasteiger partial charge is 0.151 e. The third-order valence-electron chi connectivity index (χ3n) is 6.02. The second-order valence-corrected chi connectivity index (χ2v) is 8.27. The molecule has 0 saturated heterocycles. The zero-order valence-electron chi connectivity index (χ0n) is 11.6. The number of hydrogen-bond acceptors (Lipinski definition) is 1. The normalized spacial score (nSPS) is 38.8. The summed E-state index contributed by atoms with van der Waals surface area (Å²) in [5, 5.41) is 0. The van der Waals surface area contributed by atoms with Gasteiger partial charge in [0.25, 0.3) is 0 Å². The molecule has 0 aliphatic heterocycles. The summed E-state index contributed by atoms with van der Waals surface area (Å²) in [6, 6.07) is 4.17. The van der Waals surface area contributed by atoms with Crippen LogP contribution in [-0.4, -0.2) is 9.38 Å². The van der Waals surface area contributed by atoms with Crippen LogP contribution in [0.2, 0.25) is 0 Å². The fraction of sp³-hybridized carbons (Fsp3) is 0.588. The van der Waals surface area contributed by atoms with E-state index in [9.17, 15) is 0 Å². The summed E-state index contributed by atoms with van der Waals surface area (Å²) in [5.74, 6) is 2.94. The van der Waals surface area contributed by atoms with E-state index < -0.39 is 0 Å². The Bertz CT molecular complexity index is 652. The summed E-state index contributed by atoms with van der Waals surface area (Å²) >= 11 is 3.64. The molecule has 20 heavy (non-hydrogen) atoms. The average molecular weight is 331 g/mol. The number of aromatic nitrogens is 2. The highest BCUT2D eigenvalue weighted by atomic mass is 79.9. The molecule has 2 aromatic heterocycles. The minimum absolute atomic E-state index is 0.403. The SMILES string of the molecule is Brc1cccn2cc(C34CC5CC(CC(C5)C3)C4)nc12. The summed E-state index contributed by atoms with van der Waals surface area (Å²) < 4.78 is 3.30. The number of imidazole rings is 1. The molecule has 4 fully saturated rings. The molecule has 0 aromatic carbocycles. The molecular weight excluding hydrogens is 312 g/mol. The van der Waals surface area contributed by atoms with Crippen LogP contribution in [0.5, 0.6) is 0 Å². The first kappa shape index (κ1) is 11.8. The van der Waals surface area contributed by atoms with Crippen LogP contribution < -0.4 is 0 Å². The molecule has 2 aromatic rings. The van der Waals surface area contributed by atoms with Gasteiger partial charge < -0.3 is 4.40 Å². The van der Waals surface area contributed by atoms with Crippen LogP contribution in [-0.2, 0) is 5.41 Å². The van der Waals surface area contributed by atoms with Crippen molar-refractivity contribution in [3.05, 3.63) is 34.7 Å². The number of rotatable bonds is 1. The molecule has 0 unspecified atom stereocenters. The Labute approximate surface area is 127 Å². The molecule has 0 radical (unpaired) electrons. The number of pyridine rings is 1. The fourth-order valence-electron chi connectivity index (χ4n) is 5.66. The molecule has 2 nitrogen and oxygen atoms in total. The standard InChI is InChI=1S/C17H19BrN2/c18-14-2-1-3-20-10-15(19-16(14)20)17-7-11-4-12(8-17)6-13(5-11)9-17/h1-3,10-13H,4-9H2. The van der Waals surface area contributed by atoms with Crippen molar-refractivity contribution in [1.82, 2.24) is 9.38 Å². The zero-order chi connectivity index (χ0) is 13.3. The van der Waals surface area contributed by atoms with Gasteiger partial charge in [0.1, 0.15) is 0 Å². The largest absolute Gasteiger partial charge is 0.306 e. The van der Waals surface area contributed by atoms with E-state index in [1.165, 1.54) is 44.2 Å². The van der Waals surface area contributed by atoms with Crippen LogP contribution in [0.25, 0.3) is 5.65 Å². The predicted molar refractivity (Wildman–Crippen MR) is 82.7 cm³/mol. The van der Waals surface area contributed by atoms with E-state index in [1.807, 2.05) is 0 Å². The van der Waals surface area contributed by atoms with E-state index in [0.717, 1.165) is 27.9 Å². The predicted octanol–water partition coefficient (Wildman–Crippen LogP) is 4.56. The van der Waals surface area contributed by atoms with Gasteiger partial charge in [0, 0.05) is 17.8 Å². The molecule has 0 spiro atoms. The van der Waals surface area contributed by atoms with Crippen molar-refractivity contribution in [2.75, 3.05) is 0 Å². The quantitative estimate of drug-likeness (QED) is 0.748. The van der Waals surface area contributed by atoms with Gasteiger partial charge in [0.05, 0.1) is 10.2 Å². The van der Waals surface area contributed by atoms with Crippen LogP contribution in [0.4, 0.5) is 0 Å². The van der Waals surface area contributed by atoms with Gasteiger partial charge in [-0.1, -0.05) is 0 Å². The summed E-state index contributed by atoms with van der Waals surface area (Å²) in [6.45, 7) is 0. The Morgan fingerprint density at radius 1 is 1.10 bits per heavy atom. The van der Waals surface area contributed by atoms with Crippen LogP contribution in [0.3, 0.4) is 0 Å². The summed E-state index contributed by atoms with van der Waals surface area (Å²) in [6.07, 6.45) is 13.1. The first-order valence-electron chi connectivity index (χ1n) is 7.86. The van der Waals surface area contributed by atoms with Gasteiger partial charge in [-0.3, -0.25) is 0 Å². The molecule has 4 saturated carbocycles. The highest BCUT2D eigenvalue weighted by molar-refractivity contribution is 9.10. The van der Waals surface area contributed by atoms with Crippen molar-refractivity contribution in [3.63, 3.8) is 0 Å². The summed E-state index contributed by atoms with van der Waals surface area (Å²) in [7, 11) is 0. The lowest BCUT2D eigenvalue weighted by Crippen LogP contribution is -2.48. The first-order valence-corrected chi connectivity index (χ1v) is 8.65. The van der Waals surface area contributed by atoms with Crippen LogP contribution in [0, 0.1) is 17.8 Å². The zero-order valence-corrected chi connectivity index (χ0v) is 13.1. The lowest BCUT2D eigenvalue weighted by molar-refractivity contribution is -0.00697. The molecular formula is C17H19BrN2. The van der Waals surface area contributed by atoms with Crippen molar-refractivity contribution >= 4 is 21.6 Å². The van der Waals surface area contributed by atoms with Gasteiger partial charge in [-0.15, -0.1) is 0 Å². The molecule has 0 atom stereocenters. The Morgan fingerprint density at radius 3 is 2.35 bits per heavy atom. The van der Waals surface area contributed by atoms with Crippen molar-refractivity contribution in [2.45, 2.75) is 43.9 Å². The molecule has 3 heteroatoms. The second-order valence-electron chi connectivity index (χ2n) is 7.41. The van der Waals surface area contributed by atoms with E-state index >= 15 is 0 Å². The monoisotopic (exact) mass is 330 g/mol. The average Bonchev–Trinajstić information content (AvgIpc) is 2.83. The highest BCUT2D eigenvalue weighted by Crippen LogP contribution is 2.60. The fourth-order valence-corrected chi connectivity index (χ4v) is 6.10. The minimum Gasteiger partial charge on any atom is -0.306 e. The highest BCUT2D eigenvalue weighted by Gasteiger charge is 2.52. The third kappa shape index (κ3) is 1.53. The molecule has 2 heterocycles. The van der Waals surface area contributed by atoms with Gasteiger partial charge in [0.15, 0.2) is 5.65 Å². The maximum Gasteiger partial charge on any atom is 0.151 e. The van der Waals surface area contributed by atoms with Crippen molar-refractivity contribution in [3.8, 4) is 0 Å². The first-order chi connectivity index (χ1) is 9.72. The van der Waals surface area contributed by atoms with Crippen molar-refractivity contribution < 1.29 is 0 Å². The van der Waals surface area contributed by atoms with E-state index in [2.05, 4.69) is 44.9 Å². The maximum absolute atomic E-state index is 5.02. The lowest BCUT2D eigenvalue weighted by atomic mass is 9.49. The Kier molecular flexibility index (Phi) is 2.29. The lowest BCUT2D eigenvalue weighted by Gasteiger charge is -2.56. The Hall–Kier alpha value is -0.830. The summed E-state index contributed by atoms with van der Waals surface area (Å²) in [4.78, 5) is 5.02. The van der Waals surface area contributed by atoms with E-state index in [0.29, 0.717) is 5.41 Å². The number of hydrogen-bond donors (Lipinski definition) is 0. The minimum atomic E-state index is 0.403. The van der Waals surface area contributed by atoms with Gasteiger partial charge >= 0.3 is 0 Å². The van der Waals surface area contributed by atoms with Crippen LogP contribution in [0.1, 0.15) is 44.2 Å². The topological polar surface area (TPSA) is 17.3 Å². The second kappa shape index (κ2) is 3.88. The number of halogens is 1.